The molecule has 7 heteroatoms. The molecule has 1 N–H and O–H groups in total. The van der Waals surface area contributed by atoms with Crippen LogP contribution in [0, 0.1) is 17.8 Å². The second kappa shape index (κ2) is 10.9. The summed E-state index contributed by atoms with van der Waals surface area (Å²) < 4.78 is 5.64. The molecule has 0 saturated heterocycles. The molecule has 0 spiro atoms. The molecule has 1 heterocycles. The van der Waals surface area contributed by atoms with E-state index in [1.807, 2.05) is 42.5 Å². The predicted octanol–water partition coefficient (Wildman–Crippen LogP) is 7.52. The molecule has 3 aromatic rings. The maximum atomic E-state index is 13.6. The van der Waals surface area contributed by atoms with Crippen molar-refractivity contribution in [3.63, 3.8) is 0 Å². The number of para-hydroxylation sites is 1. The summed E-state index contributed by atoms with van der Waals surface area (Å²) in [4.78, 5) is 31.3. The van der Waals surface area contributed by atoms with Crippen molar-refractivity contribution in [1.82, 2.24) is 10.3 Å². The van der Waals surface area contributed by atoms with E-state index in [2.05, 4.69) is 12.2 Å². The Kier molecular flexibility index (Phi) is 7.39. The molecular weight excluding hydrogens is 531 g/mol. The number of ether oxygens (including phenoxy) is 1. The van der Waals surface area contributed by atoms with E-state index in [0.29, 0.717) is 39.4 Å². The minimum atomic E-state index is -0.491. The summed E-state index contributed by atoms with van der Waals surface area (Å²) in [5, 5.41) is 4.81. The predicted molar refractivity (Wildman–Crippen MR) is 156 cm³/mol. The number of hydrogen-bond acceptors (Lipinski definition) is 4. The normalized spacial score (nSPS) is 23.6. The van der Waals surface area contributed by atoms with Gasteiger partial charge in [0.05, 0.1) is 26.8 Å². The highest BCUT2D eigenvalue weighted by atomic mass is 35.5. The number of fused-ring (bicyclic) bond motifs is 4. The average Bonchev–Trinajstić information content (AvgIpc) is 3.57. The van der Waals surface area contributed by atoms with Crippen LogP contribution in [0.25, 0.3) is 22.6 Å². The maximum Gasteiger partial charge on any atom is 0.339 e. The van der Waals surface area contributed by atoms with Crippen molar-refractivity contribution in [3.8, 4) is 0 Å². The lowest BCUT2D eigenvalue weighted by molar-refractivity contribution is -0.125. The zero-order valence-electron chi connectivity index (χ0n) is 22.0. The Balaban J connectivity index is 1.26. The van der Waals surface area contributed by atoms with Gasteiger partial charge in [-0.3, -0.25) is 4.79 Å². The summed E-state index contributed by atoms with van der Waals surface area (Å²) in [5.74, 6) is 1.32. The molecule has 2 bridgehead atoms. The van der Waals surface area contributed by atoms with Crippen molar-refractivity contribution in [2.75, 3.05) is 6.61 Å². The highest BCUT2D eigenvalue weighted by molar-refractivity contribution is 6.43. The monoisotopic (exact) mass is 562 g/mol. The van der Waals surface area contributed by atoms with Crippen LogP contribution in [0.2, 0.25) is 10.0 Å². The largest absolute Gasteiger partial charge is 0.452 e. The van der Waals surface area contributed by atoms with Gasteiger partial charge in [0.1, 0.15) is 0 Å². The van der Waals surface area contributed by atoms with Gasteiger partial charge >= 0.3 is 5.97 Å². The molecule has 0 radical (unpaired) electrons. The van der Waals surface area contributed by atoms with Crippen LogP contribution in [0.4, 0.5) is 0 Å². The summed E-state index contributed by atoms with van der Waals surface area (Å²) in [5.41, 5.74) is 4.64. The fraction of sp³-hybridized carbons (Fsp3) is 0.406. The van der Waals surface area contributed by atoms with Crippen molar-refractivity contribution in [1.29, 1.82) is 0 Å². The maximum absolute atomic E-state index is 13.6. The molecule has 3 aliphatic carbocycles. The fourth-order valence-electron chi connectivity index (χ4n) is 7.04. The quantitative estimate of drug-likeness (QED) is 0.315. The zero-order valence-corrected chi connectivity index (χ0v) is 23.5. The van der Waals surface area contributed by atoms with E-state index < -0.39 is 5.97 Å². The van der Waals surface area contributed by atoms with Crippen LogP contribution in [0.5, 0.6) is 0 Å². The molecular formula is C32H32Cl2N2O3. The lowest BCUT2D eigenvalue weighted by atomic mass is 9.84. The van der Waals surface area contributed by atoms with Crippen molar-refractivity contribution in [3.05, 3.63) is 74.9 Å². The van der Waals surface area contributed by atoms with Gasteiger partial charge in [-0.05, 0) is 98.1 Å². The number of aromatic nitrogens is 1. The van der Waals surface area contributed by atoms with Gasteiger partial charge in [0, 0.05) is 11.4 Å². The third-order valence-electron chi connectivity index (χ3n) is 8.84. The SMILES string of the molecule is C[C@@H](NC(=O)COC(=O)c1c2c(nc3ccccc13)/C(=C\c1cccc(Cl)c1Cl)CCC2)[C@@H]1C[C@@H]2CC[C@@H]1C2. The Morgan fingerprint density at radius 1 is 1.10 bits per heavy atom. The van der Waals surface area contributed by atoms with Crippen LogP contribution in [-0.4, -0.2) is 29.5 Å². The number of hydrogen-bond donors (Lipinski definition) is 1. The minimum Gasteiger partial charge on any atom is -0.452 e. The summed E-state index contributed by atoms with van der Waals surface area (Å²) in [6.45, 7) is 1.79. The molecule has 0 unspecified atom stereocenters. The van der Waals surface area contributed by atoms with E-state index in [0.717, 1.165) is 46.5 Å². The van der Waals surface area contributed by atoms with E-state index >= 15 is 0 Å². The molecule has 2 fully saturated rings. The van der Waals surface area contributed by atoms with Crippen LogP contribution in [0.3, 0.4) is 0 Å². The number of halogens is 2. The number of carbonyl (C=O) groups is 2. The number of amides is 1. The van der Waals surface area contributed by atoms with Crippen LogP contribution >= 0.6 is 23.2 Å². The second-order valence-corrected chi connectivity index (χ2v) is 12.1. The molecule has 202 valence electrons. The number of benzene rings is 2. The lowest BCUT2D eigenvalue weighted by Gasteiger charge is -2.28. The Morgan fingerprint density at radius 3 is 2.74 bits per heavy atom. The number of carbonyl (C=O) groups excluding carboxylic acids is 2. The highest BCUT2D eigenvalue weighted by Gasteiger charge is 2.42. The van der Waals surface area contributed by atoms with E-state index in [-0.39, 0.29) is 18.6 Å². The van der Waals surface area contributed by atoms with Gasteiger partial charge in [-0.2, -0.15) is 0 Å². The standard InChI is InChI=1S/C32H32Cl2N2O3/c1-18(25-15-19-12-13-20(25)14-19)35-28(37)17-39-32(38)29-23-8-2-3-11-27(23)36-31-22(7-4-9-24(29)31)16-21-6-5-10-26(33)30(21)34/h2-3,5-6,8,10-11,16,18-20,25H,4,7,9,12-15,17H2,1H3,(H,35,37)/b22-16-/t18-,19-,20-,25+/m1/s1. The first-order chi connectivity index (χ1) is 18.9. The topological polar surface area (TPSA) is 68.3 Å². The number of nitrogens with one attached hydrogen (secondary N) is 1. The summed E-state index contributed by atoms with van der Waals surface area (Å²) in [7, 11) is 0. The first-order valence-electron chi connectivity index (χ1n) is 13.9. The molecule has 0 aliphatic heterocycles. The molecule has 2 aromatic carbocycles. The summed E-state index contributed by atoms with van der Waals surface area (Å²) >= 11 is 12.7. The number of pyridine rings is 1. The third kappa shape index (κ3) is 5.19. The van der Waals surface area contributed by atoms with Crippen molar-refractivity contribution in [2.45, 2.75) is 57.9 Å². The van der Waals surface area contributed by atoms with Gasteiger partial charge in [0.25, 0.3) is 5.91 Å². The van der Waals surface area contributed by atoms with Crippen molar-refractivity contribution >= 4 is 57.6 Å². The second-order valence-electron chi connectivity index (χ2n) is 11.3. The van der Waals surface area contributed by atoms with Gasteiger partial charge in [0.2, 0.25) is 0 Å². The smallest absolute Gasteiger partial charge is 0.339 e. The number of nitrogens with zero attached hydrogens (tertiary/aromatic N) is 1. The Labute approximate surface area is 238 Å². The number of esters is 1. The third-order valence-corrected chi connectivity index (χ3v) is 9.68. The Bertz CT molecular complexity index is 1480. The molecule has 5 nitrogen and oxygen atoms in total. The van der Waals surface area contributed by atoms with Crippen LogP contribution in [0.1, 0.15) is 72.6 Å². The Morgan fingerprint density at radius 2 is 1.95 bits per heavy atom. The summed E-state index contributed by atoms with van der Waals surface area (Å²) in [6, 6.07) is 13.2. The van der Waals surface area contributed by atoms with Crippen LogP contribution < -0.4 is 5.32 Å². The molecule has 1 amide bonds. The minimum absolute atomic E-state index is 0.0898. The summed E-state index contributed by atoms with van der Waals surface area (Å²) in [6.07, 6.45) is 9.45. The first-order valence-corrected chi connectivity index (χ1v) is 14.7. The van der Waals surface area contributed by atoms with E-state index in [1.165, 1.54) is 25.7 Å². The lowest BCUT2D eigenvalue weighted by Crippen LogP contribution is -2.42. The first kappa shape index (κ1) is 26.3. The van der Waals surface area contributed by atoms with E-state index in [1.54, 1.807) is 6.07 Å². The van der Waals surface area contributed by atoms with Crippen molar-refractivity contribution < 1.29 is 14.3 Å². The molecule has 39 heavy (non-hydrogen) atoms. The highest BCUT2D eigenvalue weighted by Crippen LogP contribution is 2.49. The molecule has 2 saturated carbocycles. The average molecular weight is 564 g/mol. The van der Waals surface area contributed by atoms with Gasteiger partial charge in [0.15, 0.2) is 6.61 Å². The fourth-order valence-corrected chi connectivity index (χ4v) is 7.40. The number of allylic oxidation sites excluding steroid dienone is 1. The van der Waals surface area contributed by atoms with Crippen LogP contribution in [0.15, 0.2) is 42.5 Å². The molecule has 6 rings (SSSR count). The molecule has 3 aliphatic rings. The molecule has 1 aromatic heterocycles. The van der Waals surface area contributed by atoms with Gasteiger partial charge in [-0.1, -0.05) is 60.0 Å². The van der Waals surface area contributed by atoms with Gasteiger partial charge < -0.3 is 10.1 Å². The van der Waals surface area contributed by atoms with E-state index in [9.17, 15) is 9.59 Å². The van der Waals surface area contributed by atoms with Gasteiger partial charge in [-0.25, -0.2) is 9.78 Å². The zero-order chi connectivity index (χ0) is 27.1. The Hall–Kier alpha value is -2.89. The van der Waals surface area contributed by atoms with Crippen molar-refractivity contribution in [2.24, 2.45) is 17.8 Å². The molecule has 4 atom stereocenters. The van der Waals surface area contributed by atoms with Gasteiger partial charge in [-0.15, -0.1) is 0 Å². The van der Waals surface area contributed by atoms with E-state index in [4.69, 9.17) is 32.9 Å². The van der Waals surface area contributed by atoms with Crippen LogP contribution in [-0.2, 0) is 16.0 Å². The number of rotatable bonds is 6.